The molecule has 0 spiro atoms. The van der Waals surface area contributed by atoms with E-state index in [1.807, 2.05) is 0 Å². The molecule has 0 radical (unpaired) electrons. The Bertz CT molecular complexity index is 909. The number of ether oxygens (including phenoxy) is 7. The van der Waals surface area contributed by atoms with Crippen molar-refractivity contribution in [3.05, 3.63) is 35.2 Å². The van der Waals surface area contributed by atoms with Gasteiger partial charge in [0.15, 0.2) is 24.1 Å². The molecule has 0 saturated carbocycles. The number of carbonyl (C=O) groups is 4. The Balaban J connectivity index is 2.54. The van der Waals surface area contributed by atoms with Gasteiger partial charge in [-0.15, -0.1) is 0 Å². The fourth-order valence-electron chi connectivity index (χ4n) is 3.33. The van der Waals surface area contributed by atoms with Crippen molar-refractivity contribution in [2.24, 2.45) is 0 Å². The van der Waals surface area contributed by atoms with E-state index in [-0.39, 0.29) is 23.0 Å². The lowest BCUT2D eigenvalue weighted by Gasteiger charge is -2.44. The van der Waals surface area contributed by atoms with Crippen molar-refractivity contribution in [3.63, 3.8) is 0 Å². The summed E-state index contributed by atoms with van der Waals surface area (Å²) in [5, 5.41) is 0. The number of esters is 3. The topological polar surface area (TPSA) is 133 Å². The fraction of sp³-hybridized carbons (Fsp3) is 0.545. The van der Waals surface area contributed by atoms with E-state index >= 15 is 0 Å². The second kappa shape index (κ2) is 10.5. The number of Topliss-reactive ketones (excluding diaryl/α,β-unsaturated/α-hetero) is 1. The highest BCUT2D eigenvalue weighted by Gasteiger charge is 2.55. The summed E-state index contributed by atoms with van der Waals surface area (Å²) in [6, 6.07) is 0. The molecular formula is C22H28O11. The van der Waals surface area contributed by atoms with Crippen LogP contribution in [-0.2, 0) is 52.3 Å². The van der Waals surface area contributed by atoms with Gasteiger partial charge in [-0.1, -0.05) is 6.58 Å². The zero-order chi connectivity index (χ0) is 25.0. The largest absolute Gasteiger partial charge is 0.499 e. The zero-order valence-corrected chi connectivity index (χ0v) is 19.6. The van der Waals surface area contributed by atoms with Gasteiger partial charge in [-0.2, -0.15) is 0 Å². The van der Waals surface area contributed by atoms with Crippen molar-refractivity contribution in [1.82, 2.24) is 0 Å². The van der Waals surface area contributed by atoms with E-state index in [1.54, 1.807) is 13.8 Å². The smallest absolute Gasteiger partial charge is 0.303 e. The summed E-state index contributed by atoms with van der Waals surface area (Å²) in [4.78, 5) is 48.3. The molecule has 0 aromatic heterocycles. The predicted molar refractivity (Wildman–Crippen MR) is 110 cm³/mol. The monoisotopic (exact) mass is 468 g/mol. The first-order chi connectivity index (χ1) is 15.4. The lowest BCUT2D eigenvalue weighted by Crippen LogP contribution is -2.62. The maximum atomic E-state index is 12.8. The van der Waals surface area contributed by atoms with Gasteiger partial charge in [0.2, 0.25) is 18.2 Å². The van der Waals surface area contributed by atoms with Crippen molar-refractivity contribution >= 4 is 23.7 Å². The number of allylic oxidation sites excluding steroid dienone is 2. The molecule has 1 saturated heterocycles. The number of hydrogen-bond donors (Lipinski definition) is 0. The van der Waals surface area contributed by atoms with Crippen LogP contribution >= 0.6 is 0 Å². The van der Waals surface area contributed by atoms with E-state index in [2.05, 4.69) is 6.58 Å². The molecule has 182 valence electrons. The first-order valence-corrected chi connectivity index (χ1v) is 10.0. The minimum absolute atomic E-state index is 0.0120. The Labute approximate surface area is 191 Å². The molecule has 0 amide bonds. The molecular weight excluding hydrogens is 440 g/mol. The molecule has 11 nitrogen and oxygen atoms in total. The second-order valence-corrected chi connectivity index (χ2v) is 7.58. The quantitative estimate of drug-likeness (QED) is 0.234. The first kappa shape index (κ1) is 25.9. The van der Waals surface area contributed by atoms with Crippen LogP contribution in [0.1, 0.15) is 41.5 Å². The average Bonchev–Trinajstić information content (AvgIpc) is 2.98. The molecule has 0 aliphatic carbocycles. The first-order valence-electron chi connectivity index (χ1n) is 10.0. The highest BCUT2D eigenvalue weighted by Crippen LogP contribution is 2.36. The summed E-state index contributed by atoms with van der Waals surface area (Å²) in [5.41, 5.74) is 0.623. The summed E-state index contributed by atoms with van der Waals surface area (Å²) in [6.07, 6.45) is -6.74. The molecule has 2 aliphatic rings. The van der Waals surface area contributed by atoms with Crippen LogP contribution in [0.2, 0.25) is 0 Å². The standard InChI is InChI=1S/C22H28O11/c1-9(2)16-15(26)17(11(4)28-16)32-22-21(31-14(7)25)20(30-13(6)24)19(29-12(5)23)18(33-22)10(3)27-8/h18-22H,3H2,1-2,4-8H3/t18-,19-,20+,21-,22-/m1/s1. The average molecular weight is 468 g/mol. The van der Waals surface area contributed by atoms with Crippen molar-refractivity contribution in [1.29, 1.82) is 0 Å². The molecule has 0 aromatic carbocycles. The molecule has 2 heterocycles. The summed E-state index contributed by atoms with van der Waals surface area (Å²) in [7, 11) is 1.31. The molecule has 2 aliphatic heterocycles. The van der Waals surface area contributed by atoms with Gasteiger partial charge in [-0.25, -0.2) is 0 Å². The maximum absolute atomic E-state index is 12.8. The minimum Gasteiger partial charge on any atom is -0.499 e. The lowest BCUT2D eigenvalue weighted by molar-refractivity contribution is -0.292. The molecule has 33 heavy (non-hydrogen) atoms. The Morgan fingerprint density at radius 1 is 0.879 bits per heavy atom. The minimum atomic E-state index is -1.48. The Morgan fingerprint density at radius 2 is 1.39 bits per heavy atom. The number of rotatable bonds is 7. The highest BCUT2D eigenvalue weighted by atomic mass is 16.7. The summed E-state index contributed by atoms with van der Waals surface area (Å²) in [6.45, 7) is 12.0. The van der Waals surface area contributed by atoms with E-state index in [9.17, 15) is 19.2 Å². The van der Waals surface area contributed by atoms with E-state index in [0.717, 1.165) is 20.8 Å². The van der Waals surface area contributed by atoms with Gasteiger partial charge in [-0.3, -0.25) is 19.2 Å². The van der Waals surface area contributed by atoms with Crippen molar-refractivity contribution < 1.29 is 52.3 Å². The molecule has 0 bridgehead atoms. The second-order valence-electron chi connectivity index (χ2n) is 7.58. The molecule has 1 fully saturated rings. The van der Waals surface area contributed by atoms with Crippen molar-refractivity contribution in [2.45, 2.75) is 72.2 Å². The number of methoxy groups -OCH3 is 1. The fourth-order valence-corrected chi connectivity index (χ4v) is 3.33. The SMILES string of the molecule is C=C(OC)[C@H]1O[C@@H](OC2=C(C)OC(=C(C)C)C2=O)[C@H](OC(C)=O)[C@@H](OC(C)=O)[C@@H]1OC(C)=O. The Hall–Kier alpha value is -3.34. The van der Waals surface area contributed by atoms with Crippen LogP contribution in [0, 0.1) is 0 Å². The predicted octanol–water partition coefficient (Wildman–Crippen LogP) is 1.81. The van der Waals surface area contributed by atoms with Crippen LogP contribution in [0.5, 0.6) is 0 Å². The van der Waals surface area contributed by atoms with E-state index in [4.69, 9.17) is 33.2 Å². The van der Waals surface area contributed by atoms with Gasteiger partial charge in [0, 0.05) is 20.8 Å². The third kappa shape index (κ3) is 5.92. The van der Waals surface area contributed by atoms with Gasteiger partial charge in [0.1, 0.15) is 11.5 Å². The zero-order valence-electron chi connectivity index (χ0n) is 19.6. The Kier molecular flexibility index (Phi) is 8.26. The van der Waals surface area contributed by atoms with Gasteiger partial charge in [0.25, 0.3) is 5.78 Å². The van der Waals surface area contributed by atoms with Crippen LogP contribution in [-0.4, -0.2) is 61.5 Å². The molecule has 0 N–H and O–H groups in total. The van der Waals surface area contributed by atoms with Crippen molar-refractivity contribution in [3.8, 4) is 0 Å². The third-order valence-corrected chi connectivity index (χ3v) is 4.66. The van der Waals surface area contributed by atoms with Gasteiger partial charge in [0.05, 0.1) is 7.11 Å². The summed E-state index contributed by atoms with van der Waals surface area (Å²) >= 11 is 0. The molecule has 0 unspecified atom stereocenters. The van der Waals surface area contributed by atoms with Gasteiger partial charge < -0.3 is 33.2 Å². The molecule has 11 heteroatoms. The molecule has 5 atom stereocenters. The van der Waals surface area contributed by atoms with Crippen LogP contribution in [0.4, 0.5) is 0 Å². The van der Waals surface area contributed by atoms with Crippen LogP contribution in [0.25, 0.3) is 0 Å². The van der Waals surface area contributed by atoms with Gasteiger partial charge in [-0.05, 0) is 26.3 Å². The highest BCUT2D eigenvalue weighted by molar-refractivity contribution is 6.08. The number of hydrogen-bond acceptors (Lipinski definition) is 11. The Morgan fingerprint density at radius 3 is 1.85 bits per heavy atom. The van der Waals surface area contributed by atoms with Crippen molar-refractivity contribution in [2.75, 3.05) is 7.11 Å². The number of ketones is 1. The van der Waals surface area contributed by atoms with E-state index in [1.165, 1.54) is 14.0 Å². The third-order valence-electron chi connectivity index (χ3n) is 4.66. The summed E-state index contributed by atoms with van der Waals surface area (Å²) < 4.78 is 38.3. The van der Waals surface area contributed by atoms with Gasteiger partial charge >= 0.3 is 17.9 Å². The number of carbonyl (C=O) groups excluding carboxylic acids is 4. The van der Waals surface area contributed by atoms with E-state index < -0.39 is 54.4 Å². The van der Waals surface area contributed by atoms with E-state index in [0.29, 0.717) is 5.57 Å². The van der Waals surface area contributed by atoms with Crippen LogP contribution in [0.15, 0.2) is 35.2 Å². The maximum Gasteiger partial charge on any atom is 0.303 e. The lowest BCUT2D eigenvalue weighted by atomic mass is 9.96. The molecule has 2 rings (SSSR count). The molecule has 0 aromatic rings. The van der Waals surface area contributed by atoms with Crippen LogP contribution in [0.3, 0.4) is 0 Å². The summed E-state index contributed by atoms with van der Waals surface area (Å²) in [5.74, 6) is -2.68. The normalized spacial score (nSPS) is 26.8. The van der Waals surface area contributed by atoms with Crippen LogP contribution < -0.4 is 0 Å².